The molecule has 0 bridgehead atoms. The third-order valence-electron chi connectivity index (χ3n) is 5.48. The molecule has 0 amide bonds. The van der Waals surface area contributed by atoms with Crippen LogP contribution in [-0.2, 0) is 4.74 Å². The van der Waals surface area contributed by atoms with Crippen molar-refractivity contribution in [3.05, 3.63) is 0 Å². The minimum atomic E-state index is 0.148. The van der Waals surface area contributed by atoms with Crippen LogP contribution in [0.2, 0.25) is 0 Å². The van der Waals surface area contributed by atoms with E-state index < -0.39 is 0 Å². The highest BCUT2D eigenvalue weighted by molar-refractivity contribution is 4.91. The summed E-state index contributed by atoms with van der Waals surface area (Å²) in [6.07, 6.45) is 12.4. The van der Waals surface area contributed by atoms with Gasteiger partial charge in [-0.2, -0.15) is 0 Å². The van der Waals surface area contributed by atoms with Crippen molar-refractivity contribution < 1.29 is 4.74 Å². The first kappa shape index (κ1) is 16.3. The zero-order chi connectivity index (χ0) is 14.4. The highest BCUT2D eigenvalue weighted by Gasteiger charge is 2.39. The molecule has 0 radical (unpaired) electrons. The molecule has 118 valence electrons. The van der Waals surface area contributed by atoms with Crippen LogP contribution in [0.15, 0.2) is 0 Å². The van der Waals surface area contributed by atoms with Gasteiger partial charge in [-0.3, -0.25) is 0 Å². The molecule has 0 unspecified atom stereocenters. The summed E-state index contributed by atoms with van der Waals surface area (Å²) in [6, 6.07) is 0. The summed E-state index contributed by atoms with van der Waals surface area (Å²) in [4.78, 5) is 0. The lowest BCUT2D eigenvalue weighted by Gasteiger charge is -2.43. The van der Waals surface area contributed by atoms with Gasteiger partial charge in [0.15, 0.2) is 0 Å². The van der Waals surface area contributed by atoms with Crippen LogP contribution in [-0.4, -0.2) is 24.8 Å². The second-order valence-corrected chi connectivity index (χ2v) is 7.47. The lowest BCUT2D eigenvalue weighted by molar-refractivity contribution is -0.117. The topological polar surface area (TPSA) is 21.3 Å². The summed E-state index contributed by atoms with van der Waals surface area (Å²) in [6.45, 7) is 9.20. The van der Waals surface area contributed by atoms with Crippen molar-refractivity contribution in [2.45, 2.75) is 90.3 Å². The number of rotatable bonds is 7. The Hall–Kier alpha value is -0.0800. The minimum Gasteiger partial charge on any atom is -0.370 e. The van der Waals surface area contributed by atoms with Crippen LogP contribution in [0, 0.1) is 11.8 Å². The van der Waals surface area contributed by atoms with Gasteiger partial charge in [0.2, 0.25) is 0 Å². The summed E-state index contributed by atoms with van der Waals surface area (Å²) in [7, 11) is 0. The molecular weight excluding hydrogens is 246 g/mol. The van der Waals surface area contributed by atoms with Crippen LogP contribution in [0.4, 0.5) is 0 Å². The van der Waals surface area contributed by atoms with Crippen LogP contribution in [0.3, 0.4) is 0 Å². The lowest BCUT2D eigenvalue weighted by Crippen LogP contribution is -2.48. The minimum absolute atomic E-state index is 0.148. The molecule has 0 aromatic carbocycles. The fraction of sp³-hybridized carbons (Fsp3) is 1.00. The van der Waals surface area contributed by atoms with Crippen molar-refractivity contribution in [3.8, 4) is 0 Å². The Morgan fingerprint density at radius 3 is 2.30 bits per heavy atom. The first-order valence-corrected chi connectivity index (χ1v) is 9.04. The van der Waals surface area contributed by atoms with Crippen molar-refractivity contribution in [2.75, 3.05) is 13.1 Å². The van der Waals surface area contributed by atoms with Gasteiger partial charge in [-0.1, -0.05) is 33.6 Å². The quantitative estimate of drug-likeness (QED) is 0.692. The number of nitrogens with one attached hydrogen (secondary N) is 1. The third kappa shape index (κ3) is 4.46. The van der Waals surface area contributed by atoms with Gasteiger partial charge in [0.1, 0.15) is 0 Å². The standard InChI is InChI=1S/C18H35NO/c1-4-13-19-14-18(20-17-7-5-6-8-17)11-9-16(10-12-18)15(2)3/h15-17,19H,4-14H2,1-3H3. The Kier molecular flexibility index (Phi) is 6.35. The molecule has 2 fully saturated rings. The summed E-state index contributed by atoms with van der Waals surface area (Å²) in [5.74, 6) is 1.75. The molecule has 0 aromatic rings. The van der Waals surface area contributed by atoms with E-state index in [1.807, 2.05) is 0 Å². The van der Waals surface area contributed by atoms with E-state index in [-0.39, 0.29) is 5.60 Å². The van der Waals surface area contributed by atoms with Gasteiger partial charge in [0, 0.05) is 6.54 Å². The Bertz CT molecular complexity index is 263. The van der Waals surface area contributed by atoms with Gasteiger partial charge in [-0.15, -0.1) is 0 Å². The van der Waals surface area contributed by atoms with Crippen molar-refractivity contribution in [3.63, 3.8) is 0 Å². The van der Waals surface area contributed by atoms with Crippen LogP contribution >= 0.6 is 0 Å². The molecule has 2 heteroatoms. The van der Waals surface area contributed by atoms with Gasteiger partial charge in [0.25, 0.3) is 0 Å². The van der Waals surface area contributed by atoms with E-state index in [9.17, 15) is 0 Å². The van der Waals surface area contributed by atoms with Gasteiger partial charge in [-0.25, -0.2) is 0 Å². The molecule has 0 aliphatic heterocycles. The van der Waals surface area contributed by atoms with Crippen LogP contribution in [0.5, 0.6) is 0 Å². The van der Waals surface area contributed by atoms with Crippen LogP contribution in [0.1, 0.15) is 78.6 Å². The van der Waals surface area contributed by atoms with Crippen LogP contribution in [0.25, 0.3) is 0 Å². The molecule has 2 nitrogen and oxygen atoms in total. The van der Waals surface area contributed by atoms with E-state index >= 15 is 0 Å². The molecule has 0 atom stereocenters. The first-order chi connectivity index (χ1) is 9.65. The highest BCUT2D eigenvalue weighted by atomic mass is 16.5. The van der Waals surface area contributed by atoms with Crippen LogP contribution < -0.4 is 5.32 Å². The molecule has 0 spiro atoms. The molecule has 0 heterocycles. The van der Waals surface area contributed by atoms with E-state index in [2.05, 4.69) is 26.1 Å². The zero-order valence-corrected chi connectivity index (χ0v) is 13.9. The smallest absolute Gasteiger partial charge is 0.0810 e. The maximum Gasteiger partial charge on any atom is 0.0810 e. The first-order valence-electron chi connectivity index (χ1n) is 9.04. The fourth-order valence-corrected chi connectivity index (χ4v) is 4.02. The number of hydrogen-bond acceptors (Lipinski definition) is 2. The normalized spacial score (nSPS) is 32.1. The second-order valence-electron chi connectivity index (χ2n) is 7.47. The summed E-state index contributed by atoms with van der Waals surface area (Å²) in [5, 5.41) is 3.64. The van der Waals surface area contributed by atoms with E-state index in [1.54, 1.807) is 0 Å². The van der Waals surface area contributed by atoms with Crippen molar-refractivity contribution in [1.29, 1.82) is 0 Å². The fourth-order valence-electron chi connectivity index (χ4n) is 4.02. The monoisotopic (exact) mass is 281 g/mol. The Balaban J connectivity index is 1.90. The van der Waals surface area contributed by atoms with Crippen molar-refractivity contribution in [2.24, 2.45) is 11.8 Å². The summed E-state index contributed by atoms with van der Waals surface area (Å²) < 4.78 is 6.65. The largest absolute Gasteiger partial charge is 0.370 e. The van der Waals surface area contributed by atoms with Gasteiger partial charge < -0.3 is 10.1 Å². The maximum atomic E-state index is 6.65. The average molecular weight is 281 g/mol. The number of hydrogen-bond donors (Lipinski definition) is 1. The molecule has 20 heavy (non-hydrogen) atoms. The molecule has 2 saturated carbocycles. The van der Waals surface area contributed by atoms with E-state index in [1.165, 1.54) is 57.8 Å². The average Bonchev–Trinajstić information content (AvgIpc) is 2.92. The second kappa shape index (κ2) is 7.79. The summed E-state index contributed by atoms with van der Waals surface area (Å²) >= 11 is 0. The molecule has 2 aliphatic rings. The Labute approximate surface area is 126 Å². The lowest BCUT2D eigenvalue weighted by atomic mass is 9.74. The third-order valence-corrected chi connectivity index (χ3v) is 5.48. The molecule has 0 aromatic heterocycles. The van der Waals surface area contributed by atoms with E-state index in [4.69, 9.17) is 4.74 Å². The van der Waals surface area contributed by atoms with E-state index in [0.717, 1.165) is 24.9 Å². The number of ether oxygens (including phenoxy) is 1. The highest BCUT2D eigenvalue weighted by Crippen LogP contribution is 2.40. The Morgan fingerprint density at radius 1 is 1.10 bits per heavy atom. The van der Waals surface area contributed by atoms with Crippen molar-refractivity contribution in [1.82, 2.24) is 5.32 Å². The zero-order valence-electron chi connectivity index (χ0n) is 13.9. The van der Waals surface area contributed by atoms with Crippen molar-refractivity contribution >= 4 is 0 Å². The van der Waals surface area contributed by atoms with Gasteiger partial charge >= 0.3 is 0 Å². The Morgan fingerprint density at radius 2 is 1.75 bits per heavy atom. The molecule has 0 saturated heterocycles. The SMILES string of the molecule is CCCNCC1(OC2CCCC2)CCC(C(C)C)CC1. The van der Waals surface area contributed by atoms with Gasteiger partial charge in [0.05, 0.1) is 11.7 Å². The predicted octanol–water partition coefficient (Wildman–Crippen LogP) is 4.53. The van der Waals surface area contributed by atoms with E-state index in [0.29, 0.717) is 6.10 Å². The predicted molar refractivity (Wildman–Crippen MR) is 86.0 cm³/mol. The molecular formula is C18H35NO. The molecule has 2 rings (SSSR count). The molecule has 1 N–H and O–H groups in total. The maximum absolute atomic E-state index is 6.65. The van der Waals surface area contributed by atoms with Gasteiger partial charge in [-0.05, 0) is 63.3 Å². The summed E-state index contributed by atoms with van der Waals surface area (Å²) in [5.41, 5.74) is 0.148. The molecule has 2 aliphatic carbocycles.